The van der Waals surface area contributed by atoms with Crippen molar-refractivity contribution >= 4 is 13.7 Å². The van der Waals surface area contributed by atoms with E-state index >= 15 is 0 Å². The molecule has 0 aromatic heterocycles. The smallest absolute Gasteiger partial charge is 0.387 e. The number of unbranched alkanes of at least 4 members (excludes halogenated alkanes) is 50. The number of phosphoric acid groups is 1. The van der Waals surface area contributed by atoms with E-state index in [9.17, 15) is 19.4 Å². The highest BCUT2D eigenvalue weighted by molar-refractivity contribution is 7.47. The van der Waals surface area contributed by atoms with E-state index in [1.807, 2.05) is 27.2 Å². The highest BCUT2D eigenvalue weighted by Gasteiger charge is 2.28. The Kier molecular flexibility index (Phi) is 72.1. The third-order valence-corrected chi connectivity index (χ3v) is 19.4. The minimum absolute atomic E-state index is 0.0620. The summed E-state index contributed by atoms with van der Waals surface area (Å²) >= 11 is 0. The minimum Gasteiger partial charge on any atom is -0.387 e. The highest BCUT2D eigenvalue weighted by atomic mass is 31.2. The molecule has 0 saturated carbocycles. The molecule has 0 rings (SSSR count). The lowest BCUT2D eigenvalue weighted by Gasteiger charge is -2.25. The van der Waals surface area contributed by atoms with Gasteiger partial charge in [-0.3, -0.25) is 13.8 Å². The number of nitrogens with one attached hydrogen (secondary N) is 1. The number of carbonyl (C=O) groups is 1. The Bertz CT molecular complexity index is 1800. The molecule has 1 amide bonds. The largest absolute Gasteiger partial charge is 0.472 e. The van der Waals surface area contributed by atoms with Gasteiger partial charge >= 0.3 is 7.82 Å². The van der Waals surface area contributed by atoms with E-state index in [0.717, 1.165) is 77.0 Å². The van der Waals surface area contributed by atoms with Crippen LogP contribution in [0.2, 0.25) is 0 Å². The molecule has 9 heteroatoms. The van der Waals surface area contributed by atoms with Crippen LogP contribution in [-0.2, 0) is 18.4 Å². The van der Waals surface area contributed by atoms with Crippen molar-refractivity contribution in [1.82, 2.24) is 5.32 Å². The van der Waals surface area contributed by atoms with Gasteiger partial charge in [-0.2, -0.15) is 0 Å². The van der Waals surface area contributed by atoms with Crippen molar-refractivity contribution in [3.8, 4) is 0 Å². The molecule has 0 bridgehead atoms. The van der Waals surface area contributed by atoms with Crippen molar-refractivity contribution in [3.05, 3.63) is 85.1 Å². The summed E-state index contributed by atoms with van der Waals surface area (Å²) in [6.45, 7) is 4.76. The molecule has 0 aromatic rings. The number of allylic oxidation sites excluding steroid dienone is 13. The summed E-state index contributed by atoms with van der Waals surface area (Å²) < 4.78 is 23.9. The van der Waals surface area contributed by atoms with Crippen LogP contribution in [-0.4, -0.2) is 73.4 Å². The second kappa shape index (κ2) is 73.9. The summed E-state index contributed by atoms with van der Waals surface area (Å²) in [5, 5.41) is 14.1. The maximum absolute atomic E-state index is 13.1. The third-order valence-electron chi connectivity index (χ3n) is 18.4. The molecule has 0 aliphatic rings. The van der Waals surface area contributed by atoms with Crippen molar-refractivity contribution in [1.29, 1.82) is 0 Å². The van der Waals surface area contributed by atoms with Crippen LogP contribution in [0.3, 0.4) is 0 Å². The Morgan fingerprint density at radius 2 is 0.645 bits per heavy atom. The molecule has 0 aromatic carbocycles. The lowest BCUT2D eigenvalue weighted by Crippen LogP contribution is -2.45. The van der Waals surface area contributed by atoms with E-state index < -0.39 is 20.0 Å². The van der Waals surface area contributed by atoms with Gasteiger partial charge in [0, 0.05) is 6.42 Å². The van der Waals surface area contributed by atoms with Gasteiger partial charge in [0.1, 0.15) is 13.2 Å². The molecule has 0 radical (unpaired) electrons. The molecular formula is C84H158N2O6P+. The van der Waals surface area contributed by atoms with E-state index in [1.165, 1.54) is 295 Å². The summed E-state index contributed by atoms with van der Waals surface area (Å²) in [4.78, 5) is 23.5. The first-order valence-corrected chi connectivity index (χ1v) is 42.0. The standard InChI is InChI=1S/C84H157N2O6P/c1-6-8-10-12-14-16-18-20-22-24-26-28-30-32-34-36-38-39-40-41-42-43-44-45-46-47-48-50-52-54-56-58-60-62-64-66-68-70-72-74-76-78-84(88)85-82(81-92-93(89,90)91-80-79-86(3,4)5)83(87)77-75-73-71-69-67-65-63-61-59-57-55-53-51-49-37-35-33-31-29-27-25-23-21-19-17-15-13-11-9-7-2/h8,10,14,16,20,22,26,28,32,34,38-39,75,77,82-83,87H,6-7,9,11-13,15,17-19,21,23-25,27,29-31,33,35-37,40-74,76,78-81H2,1-5H3,(H-,85,88,89,90)/p+1/b10-8-,16-14-,22-20-,28-26-,34-32-,39-38-,77-75+. The van der Waals surface area contributed by atoms with Gasteiger partial charge < -0.3 is 19.8 Å². The van der Waals surface area contributed by atoms with Crippen LogP contribution in [0.4, 0.5) is 0 Å². The number of nitrogens with zero attached hydrogens (tertiary/aromatic N) is 1. The van der Waals surface area contributed by atoms with E-state index in [0.29, 0.717) is 17.4 Å². The van der Waals surface area contributed by atoms with Crippen molar-refractivity contribution in [3.63, 3.8) is 0 Å². The SMILES string of the molecule is CC/C=C\C/C=C\C/C=C\C/C=C\C/C=C\C/C=C\CCCCCCCCCCCCCCCCCCCCCCCCC(=O)NC(COP(=O)(O)OCC[N+](C)(C)C)C(O)/C=C/CCCCCCCCCCCCCCCCCCCCCCCCCCCCCC. The van der Waals surface area contributed by atoms with Gasteiger partial charge in [0.15, 0.2) is 0 Å². The topological polar surface area (TPSA) is 105 Å². The molecule has 0 aliphatic carbocycles. The molecular weight excluding hydrogens is 1160 g/mol. The molecule has 0 aliphatic heterocycles. The number of rotatable bonds is 75. The Labute approximate surface area is 579 Å². The molecule has 0 heterocycles. The lowest BCUT2D eigenvalue weighted by molar-refractivity contribution is -0.870. The van der Waals surface area contributed by atoms with Gasteiger partial charge in [-0.15, -0.1) is 0 Å². The molecule has 8 nitrogen and oxygen atoms in total. The van der Waals surface area contributed by atoms with Gasteiger partial charge in [0.05, 0.1) is 39.9 Å². The van der Waals surface area contributed by atoms with Crippen LogP contribution in [0, 0.1) is 0 Å². The van der Waals surface area contributed by atoms with Crippen LogP contribution in [0.15, 0.2) is 85.1 Å². The number of quaternary nitrogens is 1. The van der Waals surface area contributed by atoms with E-state index in [-0.39, 0.29) is 19.1 Å². The van der Waals surface area contributed by atoms with Crippen LogP contribution < -0.4 is 5.32 Å². The summed E-state index contributed by atoms with van der Waals surface area (Å²) in [6, 6.07) is -0.850. The summed E-state index contributed by atoms with van der Waals surface area (Å²) in [5.41, 5.74) is 0. The Hall–Kier alpha value is -2.32. The zero-order valence-electron chi connectivity index (χ0n) is 62.5. The zero-order valence-corrected chi connectivity index (χ0v) is 63.4. The van der Waals surface area contributed by atoms with Crippen LogP contribution in [0.5, 0.6) is 0 Å². The molecule has 0 saturated heterocycles. The first kappa shape index (κ1) is 90.7. The van der Waals surface area contributed by atoms with Crippen molar-refractivity contribution < 1.29 is 32.9 Å². The van der Waals surface area contributed by atoms with Gasteiger partial charge in [-0.05, 0) is 70.6 Å². The lowest BCUT2D eigenvalue weighted by atomic mass is 10.0. The normalized spacial score (nSPS) is 13.9. The average molecular weight is 1320 g/mol. The number of likely N-dealkylation sites (N-methyl/N-ethyl adjacent to an activating group) is 1. The summed E-state index contributed by atoms with van der Waals surface area (Å²) in [7, 11) is 1.59. The van der Waals surface area contributed by atoms with E-state index in [1.54, 1.807) is 6.08 Å². The number of aliphatic hydroxyl groups excluding tert-OH is 1. The summed E-state index contributed by atoms with van der Waals surface area (Å²) in [5.74, 6) is -0.170. The van der Waals surface area contributed by atoms with Crippen LogP contribution in [0.25, 0.3) is 0 Å². The predicted molar refractivity (Wildman–Crippen MR) is 410 cm³/mol. The monoisotopic (exact) mass is 1320 g/mol. The molecule has 544 valence electrons. The van der Waals surface area contributed by atoms with Crippen molar-refractivity contribution in [2.75, 3.05) is 40.9 Å². The number of aliphatic hydroxyl groups is 1. The van der Waals surface area contributed by atoms with Crippen LogP contribution in [0.1, 0.15) is 393 Å². The zero-order chi connectivity index (χ0) is 67.6. The second-order valence-electron chi connectivity index (χ2n) is 28.8. The van der Waals surface area contributed by atoms with Gasteiger partial charge in [0.2, 0.25) is 5.91 Å². The van der Waals surface area contributed by atoms with Gasteiger partial charge in [-0.25, -0.2) is 4.57 Å². The summed E-state index contributed by atoms with van der Waals surface area (Å²) in [6.07, 6.45) is 106. The first-order valence-electron chi connectivity index (χ1n) is 40.5. The predicted octanol–water partition coefficient (Wildman–Crippen LogP) is 26.6. The minimum atomic E-state index is -4.36. The first-order chi connectivity index (χ1) is 45.5. The molecule has 0 fully saturated rings. The highest BCUT2D eigenvalue weighted by Crippen LogP contribution is 2.43. The maximum Gasteiger partial charge on any atom is 0.472 e. The number of amides is 1. The number of phosphoric ester groups is 1. The number of carbonyl (C=O) groups excluding carboxylic acids is 1. The van der Waals surface area contributed by atoms with E-state index in [4.69, 9.17) is 9.05 Å². The Morgan fingerprint density at radius 1 is 0.376 bits per heavy atom. The van der Waals surface area contributed by atoms with E-state index in [2.05, 4.69) is 92.1 Å². The maximum atomic E-state index is 13.1. The van der Waals surface area contributed by atoms with Crippen molar-refractivity contribution in [2.24, 2.45) is 0 Å². The van der Waals surface area contributed by atoms with Gasteiger partial charge in [0.25, 0.3) is 0 Å². The Balaban J connectivity index is 3.95. The van der Waals surface area contributed by atoms with Gasteiger partial charge in [-0.1, -0.05) is 401 Å². The molecule has 0 spiro atoms. The fraction of sp³-hybridized carbons (Fsp3) is 0.821. The molecule has 93 heavy (non-hydrogen) atoms. The molecule has 3 atom stereocenters. The fourth-order valence-corrected chi connectivity index (χ4v) is 12.9. The number of hydrogen-bond acceptors (Lipinski definition) is 5. The second-order valence-corrected chi connectivity index (χ2v) is 30.2. The molecule has 3 N–H and O–H groups in total. The Morgan fingerprint density at radius 3 is 0.946 bits per heavy atom. The number of hydrogen-bond donors (Lipinski definition) is 3. The quantitative estimate of drug-likeness (QED) is 0.0243. The van der Waals surface area contributed by atoms with Crippen LogP contribution >= 0.6 is 7.82 Å². The third kappa shape index (κ3) is 76.9. The average Bonchev–Trinajstić information content (AvgIpc) is 2.75. The molecule has 3 unspecified atom stereocenters. The fourth-order valence-electron chi connectivity index (χ4n) is 12.2. The van der Waals surface area contributed by atoms with Crippen molar-refractivity contribution in [2.45, 2.75) is 405 Å².